The first-order valence-electron chi connectivity index (χ1n) is 7.14. The van der Waals surface area contributed by atoms with Crippen LogP contribution < -0.4 is 15.0 Å². The van der Waals surface area contributed by atoms with Crippen molar-refractivity contribution in [2.75, 3.05) is 12.9 Å². The first-order chi connectivity index (χ1) is 11.9. The maximum atomic E-state index is 12.1. The molecule has 1 aromatic heterocycles. The molecule has 0 atom stereocenters. The van der Waals surface area contributed by atoms with Crippen LogP contribution in [0.1, 0.15) is 19.4 Å². The maximum Gasteiger partial charge on any atom is 0.308 e. The monoisotopic (exact) mass is 423 g/mol. The van der Waals surface area contributed by atoms with E-state index in [9.17, 15) is 14.9 Å². The van der Waals surface area contributed by atoms with E-state index in [-0.39, 0.29) is 17.0 Å². The van der Waals surface area contributed by atoms with E-state index in [1.165, 1.54) is 18.7 Å². The molecule has 2 aromatic rings. The van der Waals surface area contributed by atoms with Crippen molar-refractivity contribution in [2.45, 2.75) is 19.0 Å². The number of nitriles is 1. The van der Waals surface area contributed by atoms with E-state index in [1.807, 2.05) is 6.07 Å². The first-order valence-corrected chi connectivity index (χ1v) is 9.16. The van der Waals surface area contributed by atoms with Crippen molar-refractivity contribution in [3.05, 3.63) is 32.5 Å². The topological polar surface area (TPSA) is 105 Å². The van der Waals surface area contributed by atoms with Crippen LogP contribution in [0.25, 0.3) is 11.3 Å². The summed E-state index contributed by atoms with van der Waals surface area (Å²) in [5.74, 6) is 0.0586. The molecule has 0 spiro atoms. The van der Waals surface area contributed by atoms with Crippen LogP contribution in [0.3, 0.4) is 0 Å². The summed E-state index contributed by atoms with van der Waals surface area (Å²) < 4.78 is 11.2. The summed E-state index contributed by atoms with van der Waals surface area (Å²) in [5, 5.41) is 9.71. The third-order valence-electron chi connectivity index (χ3n) is 3.04. The van der Waals surface area contributed by atoms with Crippen LogP contribution in [0, 0.1) is 11.3 Å². The van der Waals surface area contributed by atoms with Crippen LogP contribution >= 0.6 is 27.7 Å². The standard InChI is InChI=1S/C16H14BrN3O4S/c1-4-23-12-5-9(11(17)6-13(12)24-8(2)21)14-10(7-18)15(22)20-16(19-14)25-3/h5-6H,4H2,1-3H3,(H,19,20,22). The van der Waals surface area contributed by atoms with Crippen molar-refractivity contribution < 1.29 is 14.3 Å². The van der Waals surface area contributed by atoms with E-state index in [2.05, 4.69) is 25.9 Å². The van der Waals surface area contributed by atoms with Gasteiger partial charge in [-0.2, -0.15) is 5.26 Å². The van der Waals surface area contributed by atoms with E-state index in [4.69, 9.17) is 9.47 Å². The fourth-order valence-corrected chi connectivity index (χ4v) is 2.95. The van der Waals surface area contributed by atoms with Gasteiger partial charge in [0, 0.05) is 17.0 Å². The van der Waals surface area contributed by atoms with Gasteiger partial charge in [0.15, 0.2) is 16.7 Å². The molecule has 1 N–H and O–H groups in total. The van der Waals surface area contributed by atoms with E-state index in [0.29, 0.717) is 27.5 Å². The Morgan fingerprint density at radius 1 is 1.44 bits per heavy atom. The van der Waals surface area contributed by atoms with E-state index < -0.39 is 11.5 Å². The minimum Gasteiger partial charge on any atom is -0.490 e. The highest BCUT2D eigenvalue weighted by molar-refractivity contribution is 9.10. The number of ether oxygens (including phenoxy) is 2. The highest BCUT2D eigenvalue weighted by Gasteiger charge is 2.19. The second-order valence-corrected chi connectivity index (χ2v) is 6.37. The fraction of sp³-hybridized carbons (Fsp3) is 0.250. The molecule has 1 heterocycles. The van der Waals surface area contributed by atoms with Gasteiger partial charge in [-0.05, 0) is 41.2 Å². The second-order valence-electron chi connectivity index (χ2n) is 4.72. The van der Waals surface area contributed by atoms with Gasteiger partial charge in [-0.1, -0.05) is 11.8 Å². The van der Waals surface area contributed by atoms with Gasteiger partial charge in [0.05, 0.1) is 12.3 Å². The van der Waals surface area contributed by atoms with Gasteiger partial charge in [0.25, 0.3) is 5.56 Å². The second kappa shape index (κ2) is 8.18. The zero-order valence-corrected chi connectivity index (χ0v) is 16.1. The van der Waals surface area contributed by atoms with Crippen molar-refractivity contribution >= 4 is 33.7 Å². The number of carbonyl (C=O) groups excluding carboxylic acids is 1. The third kappa shape index (κ3) is 4.21. The fourth-order valence-electron chi connectivity index (χ4n) is 2.07. The lowest BCUT2D eigenvalue weighted by atomic mass is 10.1. The predicted octanol–water partition coefficient (Wildman–Crippen LogP) is 3.12. The maximum absolute atomic E-state index is 12.1. The van der Waals surface area contributed by atoms with Crippen molar-refractivity contribution in [1.82, 2.24) is 9.97 Å². The number of nitrogens with one attached hydrogen (secondary N) is 1. The quantitative estimate of drug-likeness (QED) is 0.340. The highest BCUT2D eigenvalue weighted by Crippen LogP contribution is 2.39. The first kappa shape index (κ1) is 19.0. The van der Waals surface area contributed by atoms with Crippen LogP contribution in [0.5, 0.6) is 11.5 Å². The van der Waals surface area contributed by atoms with Crippen molar-refractivity contribution in [3.8, 4) is 28.8 Å². The van der Waals surface area contributed by atoms with Gasteiger partial charge in [-0.25, -0.2) is 4.98 Å². The Morgan fingerprint density at radius 2 is 2.16 bits per heavy atom. The third-order valence-corrected chi connectivity index (χ3v) is 4.28. The van der Waals surface area contributed by atoms with Gasteiger partial charge in [-0.3, -0.25) is 9.59 Å². The molecule has 0 aliphatic heterocycles. The minimum atomic E-state index is -0.522. The molecule has 0 fully saturated rings. The number of rotatable bonds is 5. The Labute approximate surface area is 156 Å². The highest BCUT2D eigenvalue weighted by atomic mass is 79.9. The van der Waals surface area contributed by atoms with Gasteiger partial charge in [0.1, 0.15) is 11.6 Å². The molecule has 25 heavy (non-hydrogen) atoms. The largest absolute Gasteiger partial charge is 0.490 e. The zero-order chi connectivity index (χ0) is 18.6. The number of hydrogen-bond donors (Lipinski definition) is 1. The zero-order valence-electron chi connectivity index (χ0n) is 13.7. The number of thioether (sulfide) groups is 1. The molecule has 9 heteroatoms. The van der Waals surface area contributed by atoms with Gasteiger partial charge in [-0.15, -0.1) is 0 Å². The summed E-state index contributed by atoms with van der Waals surface area (Å²) in [5.41, 5.74) is 0.0714. The van der Waals surface area contributed by atoms with Crippen molar-refractivity contribution in [1.29, 1.82) is 5.26 Å². The van der Waals surface area contributed by atoms with Crippen LogP contribution in [0.15, 0.2) is 26.6 Å². The Morgan fingerprint density at radius 3 is 2.72 bits per heavy atom. The molecule has 0 saturated heterocycles. The summed E-state index contributed by atoms with van der Waals surface area (Å²) in [7, 11) is 0. The van der Waals surface area contributed by atoms with E-state index >= 15 is 0 Å². The van der Waals surface area contributed by atoms with Crippen molar-refractivity contribution in [3.63, 3.8) is 0 Å². The number of carbonyl (C=O) groups is 1. The van der Waals surface area contributed by atoms with Crippen molar-refractivity contribution in [2.24, 2.45) is 0 Å². The number of nitrogens with zero attached hydrogens (tertiary/aromatic N) is 2. The molecule has 1 aromatic carbocycles. The molecule has 0 radical (unpaired) electrons. The number of hydrogen-bond acceptors (Lipinski definition) is 7. The van der Waals surface area contributed by atoms with Gasteiger partial charge in [0.2, 0.25) is 0 Å². The molecule has 7 nitrogen and oxygen atoms in total. The van der Waals surface area contributed by atoms with Crippen LogP contribution in [-0.2, 0) is 4.79 Å². The average Bonchev–Trinajstić information content (AvgIpc) is 2.56. The molecule has 0 bridgehead atoms. The van der Waals surface area contributed by atoms with E-state index in [0.717, 1.165) is 0 Å². The molecular formula is C16H14BrN3O4S. The minimum absolute atomic E-state index is 0.110. The summed E-state index contributed by atoms with van der Waals surface area (Å²) in [6.07, 6.45) is 1.76. The molecule has 0 unspecified atom stereocenters. The predicted molar refractivity (Wildman–Crippen MR) is 97.0 cm³/mol. The molecule has 0 aliphatic carbocycles. The summed E-state index contributed by atoms with van der Waals surface area (Å²) in [6, 6.07) is 5.00. The van der Waals surface area contributed by atoms with E-state index in [1.54, 1.807) is 25.3 Å². The summed E-state index contributed by atoms with van der Waals surface area (Å²) in [6.45, 7) is 3.42. The Balaban J connectivity index is 2.73. The molecule has 0 aliphatic rings. The Bertz CT molecular complexity index is 921. The molecular weight excluding hydrogens is 410 g/mol. The van der Waals surface area contributed by atoms with Crippen LogP contribution in [0.2, 0.25) is 0 Å². The number of esters is 1. The van der Waals surface area contributed by atoms with Gasteiger partial charge >= 0.3 is 5.97 Å². The normalized spacial score (nSPS) is 10.2. The number of H-pyrrole nitrogens is 1. The number of aromatic nitrogens is 2. The molecule has 0 saturated carbocycles. The lowest BCUT2D eigenvalue weighted by molar-refractivity contribution is -0.132. The Kier molecular flexibility index (Phi) is 6.22. The number of aromatic amines is 1. The lowest BCUT2D eigenvalue weighted by Gasteiger charge is -2.14. The molecule has 130 valence electrons. The smallest absolute Gasteiger partial charge is 0.308 e. The Hall–Kier alpha value is -2.31. The van der Waals surface area contributed by atoms with Crippen LogP contribution in [-0.4, -0.2) is 28.8 Å². The molecule has 0 amide bonds. The average molecular weight is 424 g/mol. The number of benzene rings is 1. The van der Waals surface area contributed by atoms with Gasteiger partial charge < -0.3 is 14.5 Å². The summed E-state index contributed by atoms with van der Waals surface area (Å²) >= 11 is 4.63. The van der Waals surface area contributed by atoms with Crippen LogP contribution in [0.4, 0.5) is 0 Å². The lowest BCUT2D eigenvalue weighted by Crippen LogP contribution is -2.15. The SMILES string of the molecule is CCOc1cc(-c2nc(SC)[nH]c(=O)c2C#N)c(Br)cc1OC(C)=O. The molecule has 2 rings (SSSR count). The number of halogens is 1. The summed E-state index contributed by atoms with van der Waals surface area (Å²) in [4.78, 5) is 30.3.